The number of rotatable bonds is 2. The van der Waals surface area contributed by atoms with Crippen LogP contribution in [0.1, 0.15) is 40.5 Å². The van der Waals surface area contributed by atoms with Gasteiger partial charge >= 0.3 is 12.3 Å². The van der Waals surface area contributed by atoms with E-state index in [2.05, 4.69) is 13.8 Å². The van der Waals surface area contributed by atoms with E-state index in [1.54, 1.807) is 0 Å². The standard InChI is InChI=1S/C5H12.2CH2O3.CH4/c1-3-5-4-2;2*2-1(3)4;/h3-5H2,1-2H3;2*(H2,2,3,4);1H4. The van der Waals surface area contributed by atoms with E-state index in [-0.39, 0.29) is 7.43 Å². The second-order valence-electron chi connectivity index (χ2n) is 1.92. The molecule has 0 radical (unpaired) electrons. The first-order valence-electron chi connectivity index (χ1n) is 3.72. The highest BCUT2D eigenvalue weighted by Crippen LogP contribution is 1.88. The molecule has 0 amide bonds. The van der Waals surface area contributed by atoms with Crippen LogP contribution >= 0.6 is 0 Å². The molecule has 0 aliphatic rings. The summed E-state index contributed by atoms with van der Waals surface area (Å²) in [5.41, 5.74) is 0. The van der Waals surface area contributed by atoms with Crippen LogP contribution in [0.2, 0.25) is 0 Å². The maximum atomic E-state index is 8.56. The Labute approximate surface area is 83.8 Å². The van der Waals surface area contributed by atoms with Crippen molar-refractivity contribution < 1.29 is 30.0 Å². The summed E-state index contributed by atoms with van der Waals surface area (Å²) >= 11 is 0. The molecule has 0 aromatic rings. The summed E-state index contributed by atoms with van der Waals surface area (Å²) in [6, 6.07) is 0. The maximum absolute atomic E-state index is 8.56. The molecule has 0 heterocycles. The van der Waals surface area contributed by atoms with Crippen LogP contribution in [0.15, 0.2) is 0 Å². The van der Waals surface area contributed by atoms with Crippen LogP contribution in [0.3, 0.4) is 0 Å². The number of carboxylic acid groups (broad SMARTS) is 4. The molecule has 0 saturated carbocycles. The highest BCUT2D eigenvalue weighted by molar-refractivity contribution is 5.53. The molecule has 6 heteroatoms. The summed E-state index contributed by atoms with van der Waals surface area (Å²) in [5.74, 6) is 0. The minimum absolute atomic E-state index is 0. The Morgan fingerprint density at radius 1 is 0.857 bits per heavy atom. The minimum atomic E-state index is -1.83. The van der Waals surface area contributed by atoms with Gasteiger partial charge in [-0.15, -0.1) is 0 Å². The van der Waals surface area contributed by atoms with Crippen LogP contribution in [0.5, 0.6) is 0 Å². The molecule has 0 aromatic heterocycles. The topological polar surface area (TPSA) is 115 Å². The third-order valence-electron chi connectivity index (χ3n) is 0.707. The zero-order valence-corrected chi connectivity index (χ0v) is 7.73. The van der Waals surface area contributed by atoms with Gasteiger partial charge < -0.3 is 20.4 Å². The lowest BCUT2D eigenvalue weighted by atomic mass is 10.3. The molecule has 0 fully saturated rings. The first-order chi connectivity index (χ1) is 5.88. The molecule has 0 saturated heterocycles. The van der Waals surface area contributed by atoms with Gasteiger partial charge in [0.05, 0.1) is 0 Å². The Bertz CT molecular complexity index is 101. The van der Waals surface area contributed by atoms with Gasteiger partial charge in [0.25, 0.3) is 0 Å². The Hall–Kier alpha value is -1.46. The Morgan fingerprint density at radius 2 is 1.00 bits per heavy atom. The van der Waals surface area contributed by atoms with Crippen molar-refractivity contribution in [2.75, 3.05) is 0 Å². The van der Waals surface area contributed by atoms with Gasteiger partial charge in [-0.05, 0) is 0 Å². The average molecular weight is 212 g/mol. The van der Waals surface area contributed by atoms with E-state index in [4.69, 9.17) is 30.0 Å². The van der Waals surface area contributed by atoms with E-state index in [0.29, 0.717) is 0 Å². The molecule has 0 bridgehead atoms. The fourth-order valence-electron chi connectivity index (χ4n) is 0.354. The van der Waals surface area contributed by atoms with E-state index in [1.165, 1.54) is 19.3 Å². The number of carbonyl (C=O) groups is 2. The van der Waals surface area contributed by atoms with Crippen molar-refractivity contribution in [3.8, 4) is 0 Å². The quantitative estimate of drug-likeness (QED) is 0.558. The predicted molar refractivity (Wildman–Crippen MR) is 53.2 cm³/mol. The predicted octanol–water partition coefficient (Wildman–Crippen LogP) is 3.28. The van der Waals surface area contributed by atoms with Crippen LogP contribution in [-0.2, 0) is 0 Å². The van der Waals surface area contributed by atoms with Gasteiger partial charge in [0.15, 0.2) is 0 Å². The van der Waals surface area contributed by atoms with E-state index in [0.717, 1.165) is 0 Å². The SMILES string of the molecule is C.CCCCC.O=C(O)O.O=C(O)O. The third-order valence-corrected chi connectivity index (χ3v) is 0.707. The maximum Gasteiger partial charge on any atom is 0.503 e. The fraction of sp³-hybridized carbons (Fsp3) is 0.750. The van der Waals surface area contributed by atoms with Gasteiger partial charge in [-0.25, -0.2) is 9.59 Å². The van der Waals surface area contributed by atoms with E-state index < -0.39 is 12.3 Å². The van der Waals surface area contributed by atoms with Gasteiger partial charge in [0, 0.05) is 0 Å². The van der Waals surface area contributed by atoms with E-state index >= 15 is 0 Å². The molecule has 0 atom stereocenters. The summed E-state index contributed by atoms with van der Waals surface area (Å²) in [6.45, 7) is 4.42. The largest absolute Gasteiger partial charge is 0.503 e. The minimum Gasteiger partial charge on any atom is -0.450 e. The molecule has 0 spiro atoms. The van der Waals surface area contributed by atoms with Crippen molar-refractivity contribution in [1.29, 1.82) is 0 Å². The third kappa shape index (κ3) is 3290. The first kappa shape index (κ1) is 22.9. The summed E-state index contributed by atoms with van der Waals surface area (Å²) in [4.78, 5) is 17.1. The van der Waals surface area contributed by atoms with Crippen molar-refractivity contribution in [3.05, 3.63) is 0 Å². The molecule has 6 nitrogen and oxygen atoms in total. The van der Waals surface area contributed by atoms with Gasteiger partial charge in [0.2, 0.25) is 0 Å². The molecule has 4 N–H and O–H groups in total. The molecule has 0 unspecified atom stereocenters. The van der Waals surface area contributed by atoms with Crippen molar-refractivity contribution in [3.63, 3.8) is 0 Å². The van der Waals surface area contributed by atoms with Crippen LogP contribution in [0, 0.1) is 0 Å². The van der Waals surface area contributed by atoms with E-state index in [1.807, 2.05) is 0 Å². The van der Waals surface area contributed by atoms with Gasteiger partial charge in [0.1, 0.15) is 0 Å². The van der Waals surface area contributed by atoms with Crippen LogP contribution < -0.4 is 0 Å². The van der Waals surface area contributed by atoms with Crippen LogP contribution in [-0.4, -0.2) is 32.7 Å². The van der Waals surface area contributed by atoms with Gasteiger partial charge in [-0.3, -0.25) is 0 Å². The summed E-state index contributed by atoms with van der Waals surface area (Å²) in [6.07, 6.45) is 0.410. The molecular formula is C8H20O6. The van der Waals surface area contributed by atoms with Gasteiger partial charge in [-0.1, -0.05) is 40.5 Å². The Kier molecular flexibility index (Phi) is 36.9. The lowest BCUT2D eigenvalue weighted by Gasteiger charge is -1.79. The van der Waals surface area contributed by atoms with Crippen molar-refractivity contribution >= 4 is 12.3 Å². The van der Waals surface area contributed by atoms with Crippen molar-refractivity contribution in [2.45, 2.75) is 40.5 Å². The number of hydrogen-bond acceptors (Lipinski definition) is 2. The normalized spacial score (nSPS) is 6.43. The zero-order chi connectivity index (χ0) is 11.3. The lowest BCUT2D eigenvalue weighted by molar-refractivity contribution is 0.135. The Balaban J connectivity index is -0.0000000522. The average Bonchev–Trinajstić information content (AvgIpc) is 1.86. The summed E-state index contributed by atoms with van der Waals surface area (Å²) in [7, 11) is 0. The molecule has 0 aromatic carbocycles. The second kappa shape index (κ2) is 22.5. The van der Waals surface area contributed by atoms with Crippen molar-refractivity contribution in [2.24, 2.45) is 0 Å². The molecular weight excluding hydrogens is 192 g/mol. The smallest absolute Gasteiger partial charge is 0.450 e. The monoisotopic (exact) mass is 212 g/mol. The number of hydrogen-bond donors (Lipinski definition) is 4. The van der Waals surface area contributed by atoms with Crippen LogP contribution in [0.4, 0.5) is 9.59 Å². The molecule has 0 aliphatic carbocycles. The second-order valence-corrected chi connectivity index (χ2v) is 1.92. The fourth-order valence-corrected chi connectivity index (χ4v) is 0.354. The van der Waals surface area contributed by atoms with E-state index in [9.17, 15) is 0 Å². The molecule has 0 aliphatic heterocycles. The molecule has 0 rings (SSSR count). The van der Waals surface area contributed by atoms with Crippen LogP contribution in [0.25, 0.3) is 0 Å². The number of unbranched alkanes of at least 4 members (excludes halogenated alkanes) is 2. The summed E-state index contributed by atoms with van der Waals surface area (Å²) in [5, 5.41) is 27.9. The Morgan fingerprint density at radius 3 is 1.00 bits per heavy atom. The molecule has 88 valence electrons. The highest BCUT2D eigenvalue weighted by atomic mass is 16.6. The highest BCUT2D eigenvalue weighted by Gasteiger charge is 1.70. The first-order valence-corrected chi connectivity index (χ1v) is 3.72. The van der Waals surface area contributed by atoms with Gasteiger partial charge in [-0.2, -0.15) is 0 Å². The van der Waals surface area contributed by atoms with Crippen molar-refractivity contribution in [1.82, 2.24) is 0 Å². The summed E-state index contributed by atoms with van der Waals surface area (Å²) < 4.78 is 0. The lowest BCUT2D eigenvalue weighted by Crippen LogP contribution is -1.81. The molecule has 14 heavy (non-hydrogen) atoms. The zero-order valence-electron chi connectivity index (χ0n) is 7.73.